The highest BCUT2D eigenvalue weighted by Crippen LogP contribution is 2.32. The van der Waals surface area contributed by atoms with Crippen LogP contribution in [0.1, 0.15) is 40.0 Å². The lowest BCUT2D eigenvalue weighted by Crippen LogP contribution is -2.24. The summed E-state index contributed by atoms with van der Waals surface area (Å²) >= 11 is 0. The van der Waals surface area contributed by atoms with Gasteiger partial charge in [0.25, 0.3) is 0 Å². The summed E-state index contributed by atoms with van der Waals surface area (Å²) < 4.78 is 0. The molecule has 1 aliphatic rings. The van der Waals surface area contributed by atoms with E-state index >= 15 is 0 Å². The summed E-state index contributed by atoms with van der Waals surface area (Å²) in [6.07, 6.45) is 3.56. The number of rotatable bonds is 1. The van der Waals surface area contributed by atoms with Crippen LogP contribution in [0.3, 0.4) is 0 Å². The quantitative estimate of drug-likeness (QED) is 0.567. The average molecular weight is 154 g/mol. The predicted octanol–water partition coefficient (Wildman–Crippen LogP) is 2.65. The second kappa shape index (κ2) is 3.38. The molecule has 0 radical (unpaired) electrons. The zero-order valence-electron chi connectivity index (χ0n) is 7.76. The lowest BCUT2D eigenvalue weighted by atomic mass is 9.75. The third-order valence-corrected chi connectivity index (χ3v) is 2.75. The van der Waals surface area contributed by atoms with Crippen molar-refractivity contribution in [1.82, 2.24) is 0 Å². The molecule has 1 aliphatic carbocycles. The first-order valence-electron chi connectivity index (χ1n) is 4.60. The zero-order valence-corrected chi connectivity index (χ0v) is 7.76. The van der Waals surface area contributed by atoms with Crippen molar-refractivity contribution in [3.05, 3.63) is 0 Å². The van der Waals surface area contributed by atoms with E-state index in [-0.39, 0.29) is 0 Å². The van der Waals surface area contributed by atoms with E-state index in [2.05, 4.69) is 13.8 Å². The van der Waals surface area contributed by atoms with Crippen LogP contribution in [0, 0.1) is 17.8 Å². The van der Waals surface area contributed by atoms with Gasteiger partial charge in [-0.25, -0.2) is 0 Å². The summed E-state index contributed by atoms with van der Waals surface area (Å²) in [7, 11) is 0. The largest absolute Gasteiger partial charge is 0.300 e. The fraction of sp³-hybridized carbons (Fsp3) is 0.900. The Labute approximate surface area is 69.2 Å². The normalized spacial score (nSPS) is 38.6. The number of Topliss-reactive ketones (excluding diaryl/α,β-unsaturated/α-hetero) is 1. The molecule has 0 aromatic carbocycles. The maximum atomic E-state index is 11.1. The van der Waals surface area contributed by atoms with Crippen molar-refractivity contribution in [2.45, 2.75) is 40.0 Å². The van der Waals surface area contributed by atoms with Crippen LogP contribution in [0.25, 0.3) is 0 Å². The molecular formula is C10H18O. The molecule has 2 atom stereocenters. The number of hydrogen-bond acceptors (Lipinski definition) is 1. The van der Waals surface area contributed by atoms with Gasteiger partial charge in [-0.2, -0.15) is 0 Å². The molecule has 0 saturated heterocycles. The van der Waals surface area contributed by atoms with E-state index in [1.165, 1.54) is 6.42 Å². The fourth-order valence-corrected chi connectivity index (χ4v) is 2.28. The molecule has 0 spiro atoms. The number of carbonyl (C=O) groups excluding carboxylic acids is 1. The van der Waals surface area contributed by atoms with E-state index in [4.69, 9.17) is 0 Å². The fourth-order valence-electron chi connectivity index (χ4n) is 2.28. The molecule has 1 nitrogen and oxygen atoms in total. The number of hydrogen-bond donors (Lipinski definition) is 0. The molecule has 0 aromatic heterocycles. The van der Waals surface area contributed by atoms with Crippen molar-refractivity contribution >= 4 is 5.78 Å². The summed E-state index contributed by atoms with van der Waals surface area (Å²) in [5, 5.41) is 0. The highest BCUT2D eigenvalue weighted by molar-refractivity contribution is 5.78. The summed E-state index contributed by atoms with van der Waals surface area (Å²) in [6, 6.07) is 0. The molecule has 0 aliphatic heterocycles. The minimum absolute atomic E-state index is 0.369. The third-order valence-electron chi connectivity index (χ3n) is 2.75. The molecule has 1 heteroatoms. The van der Waals surface area contributed by atoms with Gasteiger partial charge >= 0.3 is 0 Å². The van der Waals surface area contributed by atoms with Gasteiger partial charge in [-0.05, 0) is 38.0 Å². The maximum absolute atomic E-state index is 11.1. The minimum atomic E-state index is 0.369. The summed E-state index contributed by atoms with van der Waals surface area (Å²) in [6.45, 7) is 6.24. The molecule has 64 valence electrons. The Balaban J connectivity index is 2.49. The third kappa shape index (κ3) is 2.32. The number of carbonyl (C=O) groups is 1. The predicted molar refractivity (Wildman–Crippen MR) is 46.4 cm³/mol. The first kappa shape index (κ1) is 8.76. The SMILES string of the molecule is CC(=O)C1C[C@H](C)C[C@@H](C)C1. The summed E-state index contributed by atoms with van der Waals surface area (Å²) in [4.78, 5) is 11.1. The van der Waals surface area contributed by atoms with E-state index in [9.17, 15) is 4.79 Å². The van der Waals surface area contributed by atoms with Crippen LogP contribution in [-0.2, 0) is 4.79 Å². The molecule has 0 heterocycles. The second-order valence-corrected chi connectivity index (χ2v) is 4.23. The lowest BCUT2D eigenvalue weighted by molar-refractivity contribution is -0.122. The smallest absolute Gasteiger partial charge is 0.132 e. The van der Waals surface area contributed by atoms with Crippen molar-refractivity contribution in [2.24, 2.45) is 17.8 Å². The molecule has 1 rings (SSSR count). The zero-order chi connectivity index (χ0) is 8.43. The van der Waals surface area contributed by atoms with E-state index in [1.807, 2.05) is 0 Å². The second-order valence-electron chi connectivity index (χ2n) is 4.23. The van der Waals surface area contributed by atoms with E-state index < -0.39 is 0 Å². The van der Waals surface area contributed by atoms with Gasteiger partial charge in [0.05, 0.1) is 0 Å². The van der Waals surface area contributed by atoms with Crippen molar-refractivity contribution in [3.8, 4) is 0 Å². The molecule has 0 N–H and O–H groups in total. The standard InChI is InChI=1S/C10H18O/c1-7-4-8(2)6-10(5-7)9(3)11/h7-8,10H,4-6H2,1-3H3/t7-,8-/m1/s1. The lowest BCUT2D eigenvalue weighted by Gasteiger charge is -2.29. The van der Waals surface area contributed by atoms with Gasteiger partial charge in [0.2, 0.25) is 0 Å². The van der Waals surface area contributed by atoms with Gasteiger partial charge in [-0.1, -0.05) is 13.8 Å². The minimum Gasteiger partial charge on any atom is -0.300 e. The maximum Gasteiger partial charge on any atom is 0.132 e. The van der Waals surface area contributed by atoms with Crippen molar-refractivity contribution in [1.29, 1.82) is 0 Å². The highest BCUT2D eigenvalue weighted by atomic mass is 16.1. The van der Waals surface area contributed by atoms with Crippen LogP contribution in [0.4, 0.5) is 0 Å². The van der Waals surface area contributed by atoms with Crippen LogP contribution in [0.15, 0.2) is 0 Å². The molecule has 0 unspecified atom stereocenters. The van der Waals surface area contributed by atoms with Gasteiger partial charge in [0.15, 0.2) is 0 Å². The average Bonchev–Trinajstić information content (AvgIpc) is 1.85. The van der Waals surface area contributed by atoms with E-state index in [0.717, 1.165) is 24.7 Å². The first-order chi connectivity index (χ1) is 5.09. The van der Waals surface area contributed by atoms with Gasteiger partial charge in [0, 0.05) is 5.92 Å². The summed E-state index contributed by atoms with van der Waals surface area (Å²) in [5.74, 6) is 2.28. The first-order valence-corrected chi connectivity index (χ1v) is 4.60. The molecular weight excluding hydrogens is 136 g/mol. The van der Waals surface area contributed by atoms with Gasteiger partial charge in [-0.15, -0.1) is 0 Å². The van der Waals surface area contributed by atoms with Gasteiger partial charge < -0.3 is 0 Å². The van der Waals surface area contributed by atoms with Crippen LogP contribution in [-0.4, -0.2) is 5.78 Å². The van der Waals surface area contributed by atoms with Crippen molar-refractivity contribution in [2.75, 3.05) is 0 Å². The molecule has 0 aromatic rings. The molecule has 0 amide bonds. The Morgan fingerprint density at radius 2 is 1.55 bits per heavy atom. The van der Waals surface area contributed by atoms with Crippen LogP contribution in [0.2, 0.25) is 0 Å². The Hall–Kier alpha value is -0.330. The highest BCUT2D eigenvalue weighted by Gasteiger charge is 2.26. The van der Waals surface area contributed by atoms with Crippen LogP contribution >= 0.6 is 0 Å². The summed E-state index contributed by atoms with van der Waals surface area (Å²) in [5.41, 5.74) is 0. The Kier molecular flexibility index (Phi) is 2.69. The molecule has 1 saturated carbocycles. The van der Waals surface area contributed by atoms with Crippen molar-refractivity contribution in [3.63, 3.8) is 0 Å². The molecule has 1 fully saturated rings. The topological polar surface area (TPSA) is 17.1 Å². The van der Waals surface area contributed by atoms with Crippen LogP contribution in [0.5, 0.6) is 0 Å². The van der Waals surface area contributed by atoms with E-state index in [0.29, 0.717) is 11.7 Å². The van der Waals surface area contributed by atoms with Gasteiger partial charge in [-0.3, -0.25) is 4.79 Å². The van der Waals surface area contributed by atoms with E-state index in [1.54, 1.807) is 6.92 Å². The monoisotopic (exact) mass is 154 g/mol. The van der Waals surface area contributed by atoms with Crippen molar-refractivity contribution < 1.29 is 4.79 Å². The Bertz CT molecular complexity index is 141. The number of ketones is 1. The van der Waals surface area contributed by atoms with Crippen LogP contribution < -0.4 is 0 Å². The Morgan fingerprint density at radius 1 is 1.09 bits per heavy atom. The Morgan fingerprint density at radius 3 is 1.91 bits per heavy atom. The van der Waals surface area contributed by atoms with Gasteiger partial charge in [0.1, 0.15) is 5.78 Å². The molecule has 0 bridgehead atoms. The molecule has 11 heavy (non-hydrogen) atoms.